The molecule has 0 heterocycles. The van der Waals surface area contributed by atoms with E-state index in [0.29, 0.717) is 11.4 Å². The molecule has 0 aliphatic rings. The number of hydrogen-bond donors (Lipinski definition) is 2. The van der Waals surface area contributed by atoms with Gasteiger partial charge in [-0.15, -0.1) is 0 Å². The van der Waals surface area contributed by atoms with Gasteiger partial charge in [0.25, 0.3) is 0 Å². The lowest BCUT2D eigenvalue weighted by Gasteiger charge is -2.07. The van der Waals surface area contributed by atoms with Crippen molar-refractivity contribution < 1.29 is 19.4 Å². The highest BCUT2D eigenvalue weighted by molar-refractivity contribution is 6.36. The zero-order valence-electron chi connectivity index (χ0n) is 8.40. The zero-order valence-corrected chi connectivity index (χ0v) is 8.40. The maximum atomic E-state index is 10.9. The minimum atomic E-state index is -1.51. The predicted molar refractivity (Wildman–Crippen MR) is 54.0 cm³/mol. The number of hydrogen-bond acceptors (Lipinski definition) is 3. The number of anilines is 1. The maximum Gasteiger partial charge on any atom is 0.394 e. The van der Waals surface area contributed by atoms with Crippen molar-refractivity contribution in [2.75, 3.05) is 12.4 Å². The molecular formula is C10H11NO4. The maximum absolute atomic E-state index is 10.9. The van der Waals surface area contributed by atoms with Crippen LogP contribution in [0.1, 0.15) is 5.56 Å². The van der Waals surface area contributed by atoms with Crippen molar-refractivity contribution in [3.63, 3.8) is 0 Å². The highest BCUT2D eigenvalue weighted by Crippen LogP contribution is 2.20. The molecule has 5 heteroatoms. The van der Waals surface area contributed by atoms with Crippen LogP contribution in [0.5, 0.6) is 5.75 Å². The largest absolute Gasteiger partial charge is 0.497 e. The third-order valence-electron chi connectivity index (χ3n) is 1.88. The molecule has 0 aliphatic heterocycles. The van der Waals surface area contributed by atoms with E-state index in [1.54, 1.807) is 25.1 Å². The Kier molecular flexibility index (Phi) is 3.28. The Hall–Kier alpha value is -2.04. The summed E-state index contributed by atoms with van der Waals surface area (Å²) < 4.78 is 4.97. The molecule has 0 fully saturated rings. The summed E-state index contributed by atoms with van der Waals surface area (Å²) in [5, 5.41) is 10.7. The second-order valence-corrected chi connectivity index (χ2v) is 2.94. The van der Waals surface area contributed by atoms with Gasteiger partial charge in [-0.3, -0.25) is 4.79 Å². The molecule has 0 unspecified atom stereocenters. The van der Waals surface area contributed by atoms with E-state index in [1.807, 2.05) is 0 Å². The fourth-order valence-electron chi connectivity index (χ4n) is 1.08. The Bertz CT molecular complexity index is 400. The molecule has 5 nitrogen and oxygen atoms in total. The van der Waals surface area contributed by atoms with Crippen molar-refractivity contribution in [3.8, 4) is 5.75 Å². The first-order valence-corrected chi connectivity index (χ1v) is 4.23. The topological polar surface area (TPSA) is 75.6 Å². The van der Waals surface area contributed by atoms with E-state index >= 15 is 0 Å². The number of carboxylic acids is 1. The van der Waals surface area contributed by atoms with Crippen molar-refractivity contribution in [3.05, 3.63) is 23.8 Å². The number of amides is 1. The van der Waals surface area contributed by atoms with Crippen molar-refractivity contribution in [2.45, 2.75) is 6.92 Å². The third-order valence-corrected chi connectivity index (χ3v) is 1.88. The second-order valence-electron chi connectivity index (χ2n) is 2.94. The first kappa shape index (κ1) is 11.0. The molecule has 0 aromatic heterocycles. The van der Waals surface area contributed by atoms with E-state index < -0.39 is 11.9 Å². The van der Waals surface area contributed by atoms with E-state index in [4.69, 9.17) is 9.84 Å². The molecule has 1 aromatic carbocycles. The lowest BCUT2D eigenvalue weighted by molar-refractivity contribution is -0.147. The van der Waals surface area contributed by atoms with Crippen molar-refractivity contribution in [1.29, 1.82) is 0 Å². The molecule has 2 N–H and O–H groups in total. The Morgan fingerprint density at radius 1 is 1.40 bits per heavy atom. The van der Waals surface area contributed by atoms with Gasteiger partial charge in [0, 0.05) is 5.69 Å². The van der Waals surface area contributed by atoms with Gasteiger partial charge in [0.1, 0.15) is 5.75 Å². The van der Waals surface area contributed by atoms with E-state index in [1.165, 1.54) is 7.11 Å². The van der Waals surface area contributed by atoms with E-state index in [-0.39, 0.29) is 0 Å². The highest BCUT2D eigenvalue weighted by atomic mass is 16.5. The molecule has 1 rings (SSSR count). The molecule has 0 saturated heterocycles. The van der Waals surface area contributed by atoms with Gasteiger partial charge in [0.15, 0.2) is 0 Å². The Morgan fingerprint density at radius 3 is 2.53 bits per heavy atom. The summed E-state index contributed by atoms with van der Waals surface area (Å²) in [4.78, 5) is 21.2. The number of methoxy groups -OCH3 is 1. The first-order valence-electron chi connectivity index (χ1n) is 4.23. The van der Waals surface area contributed by atoms with E-state index in [9.17, 15) is 9.59 Å². The van der Waals surface area contributed by atoms with Crippen LogP contribution in [0.15, 0.2) is 18.2 Å². The van der Waals surface area contributed by atoms with Crippen LogP contribution in [-0.4, -0.2) is 24.1 Å². The van der Waals surface area contributed by atoms with Gasteiger partial charge in [0.2, 0.25) is 0 Å². The van der Waals surface area contributed by atoms with Gasteiger partial charge < -0.3 is 15.2 Å². The van der Waals surface area contributed by atoms with E-state index in [0.717, 1.165) is 5.56 Å². The highest BCUT2D eigenvalue weighted by Gasteiger charge is 2.12. The standard InChI is InChI=1S/C10H11NO4/c1-6-5-7(15-2)3-4-8(6)11-9(12)10(13)14/h3-5H,1-2H3,(H,11,12)(H,13,14). The van der Waals surface area contributed by atoms with Crippen molar-refractivity contribution >= 4 is 17.6 Å². The van der Waals surface area contributed by atoms with Crippen LogP contribution in [0.4, 0.5) is 5.69 Å². The molecule has 1 aromatic rings. The monoisotopic (exact) mass is 209 g/mol. The lowest BCUT2D eigenvalue weighted by atomic mass is 10.2. The summed E-state index contributed by atoms with van der Waals surface area (Å²) >= 11 is 0. The molecule has 80 valence electrons. The molecule has 0 radical (unpaired) electrons. The minimum Gasteiger partial charge on any atom is -0.497 e. The van der Waals surface area contributed by atoms with Crippen LogP contribution in [0, 0.1) is 6.92 Å². The summed E-state index contributed by atoms with van der Waals surface area (Å²) in [6, 6.07) is 4.94. The number of carbonyl (C=O) groups excluding carboxylic acids is 1. The number of carboxylic acid groups (broad SMARTS) is 1. The van der Waals surface area contributed by atoms with Crippen LogP contribution in [0.2, 0.25) is 0 Å². The predicted octanol–water partition coefficient (Wildman–Crippen LogP) is 1.03. The normalized spacial score (nSPS) is 9.47. The quantitative estimate of drug-likeness (QED) is 0.713. The molecule has 0 atom stereocenters. The number of rotatable bonds is 2. The van der Waals surface area contributed by atoms with Crippen LogP contribution in [0.3, 0.4) is 0 Å². The SMILES string of the molecule is COc1ccc(NC(=O)C(=O)O)c(C)c1. The van der Waals surface area contributed by atoms with Gasteiger partial charge in [-0.25, -0.2) is 4.79 Å². The number of ether oxygens (including phenoxy) is 1. The number of benzene rings is 1. The summed E-state index contributed by atoms with van der Waals surface area (Å²) in [6.45, 7) is 1.75. The zero-order chi connectivity index (χ0) is 11.4. The van der Waals surface area contributed by atoms with E-state index in [2.05, 4.69) is 5.32 Å². The Labute approximate surface area is 86.7 Å². The molecule has 1 amide bonds. The first-order chi connectivity index (χ1) is 7.04. The molecule has 0 saturated carbocycles. The number of aliphatic carboxylic acids is 1. The molecular weight excluding hydrogens is 198 g/mol. The summed E-state index contributed by atoms with van der Waals surface area (Å²) in [7, 11) is 1.53. The van der Waals surface area contributed by atoms with Crippen molar-refractivity contribution in [1.82, 2.24) is 0 Å². The van der Waals surface area contributed by atoms with Gasteiger partial charge in [-0.2, -0.15) is 0 Å². The summed E-state index contributed by atoms with van der Waals surface area (Å²) in [6.07, 6.45) is 0. The third kappa shape index (κ3) is 2.70. The molecule has 0 bridgehead atoms. The van der Waals surface area contributed by atoms with Crippen LogP contribution < -0.4 is 10.1 Å². The fourth-order valence-corrected chi connectivity index (χ4v) is 1.08. The molecule has 0 spiro atoms. The smallest absolute Gasteiger partial charge is 0.394 e. The molecule has 15 heavy (non-hydrogen) atoms. The Morgan fingerprint density at radius 2 is 2.07 bits per heavy atom. The van der Waals surface area contributed by atoms with Gasteiger partial charge in [-0.1, -0.05) is 0 Å². The average Bonchev–Trinajstić information content (AvgIpc) is 2.20. The van der Waals surface area contributed by atoms with Crippen LogP contribution >= 0.6 is 0 Å². The minimum absolute atomic E-state index is 0.461. The van der Waals surface area contributed by atoms with Crippen molar-refractivity contribution in [2.24, 2.45) is 0 Å². The second kappa shape index (κ2) is 4.45. The number of aryl methyl sites for hydroxylation is 1. The van der Waals surface area contributed by atoms with Crippen LogP contribution in [-0.2, 0) is 9.59 Å². The number of nitrogens with one attached hydrogen (secondary N) is 1. The summed E-state index contributed by atoms with van der Waals surface area (Å²) in [5.41, 5.74) is 1.20. The van der Waals surface area contributed by atoms with Crippen LogP contribution in [0.25, 0.3) is 0 Å². The van der Waals surface area contributed by atoms with Gasteiger partial charge in [0.05, 0.1) is 7.11 Å². The van der Waals surface area contributed by atoms with Gasteiger partial charge >= 0.3 is 11.9 Å². The fraction of sp³-hybridized carbons (Fsp3) is 0.200. The number of carbonyl (C=O) groups is 2. The average molecular weight is 209 g/mol. The molecule has 0 aliphatic carbocycles. The van der Waals surface area contributed by atoms with Gasteiger partial charge in [-0.05, 0) is 30.7 Å². The lowest BCUT2D eigenvalue weighted by Crippen LogP contribution is -2.22. The Balaban J connectivity index is 2.87. The summed E-state index contributed by atoms with van der Waals surface area (Å²) in [5.74, 6) is -1.91.